The second-order valence-electron chi connectivity index (χ2n) is 9.75. The van der Waals surface area contributed by atoms with E-state index in [-0.39, 0.29) is 16.7 Å². The van der Waals surface area contributed by atoms with Crippen LogP contribution in [0.25, 0.3) is 0 Å². The third kappa shape index (κ3) is 2.04. The first-order valence-corrected chi connectivity index (χ1v) is 9.46. The Bertz CT molecular complexity index is 565. The summed E-state index contributed by atoms with van der Waals surface area (Å²) < 4.78 is 0. The molecule has 0 heterocycles. The summed E-state index contributed by atoms with van der Waals surface area (Å²) in [7, 11) is 0. The lowest BCUT2D eigenvalue weighted by molar-refractivity contribution is -0.168. The minimum absolute atomic E-state index is 0.0369. The van der Waals surface area contributed by atoms with Gasteiger partial charge in [0.15, 0.2) is 0 Å². The van der Waals surface area contributed by atoms with E-state index in [0.29, 0.717) is 42.2 Å². The lowest BCUT2D eigenvalue weighted by Crippen LogP contribution is -2.58. The van der Waals surface area contributed by atoms with Crippen LogP contribution >= 0.6 is 0 Å². The van der Waals surface area contributed by atoms with Crippen molar-refractivity contribution in [3.05, 3.63) is 0 Å². The minimum atomic E-state index is -0.563. The second-order valence-corrected chi connectivity index (χ2v) is 9.75. The summed E-state index contributed by atoms with van der Waals surface area (Å²) in [6, 6.07) is 0. The Morgan fingerprint density at radius 3 is 2.52 bits per heavy atom. The van der Waals surface area contributed by atoms with E-state index in [2.05, 4.69) is 13.8 Å². The molecule has 4 saturated carbocycles. The van der Waals surface area contributed by atoms with E-state index in [1.165, 1.54) is 0 Å². The Balaban J connectivity index is 1.70. The monoisotopic (exact) mass is 318 g/mol. The molecule has 7 atom stereocenters. The summed E-state index contributed by atoms with van der Waals surface area (Å²) in [6.07, 6.45) is 6.90. The summed E-state index contributed by atoms with van der Waals surface area (Å²) >= 11 is 0. The molecule has 0 aliphatic heterocycles. The number of rotatable bonds is 0. The Kier molecular flexibility index (Phi) is 3.22. The van der Waals surface area contributed by atoms with Crippen LogP contribution in [0.3, 0.4) is 0 Å². The van der Waals surface area contributed by atoms with Gasteiger partial charge in [-0.1, -0.05) is 13.8 Å². The smallest absolute Gasteiger partial charge is 0.139 e. The Hall–Kier alpha value is -0.700. The number of hydrogen-bond donors (Lipinski definition) is 1. The van der Waals surface area contributed by atoms with Crippen LogP contribution in [-0.4, -0.2) is 22.3 Å². The van der Waals surface area contributed by atoms with Gasteiger partial charge in [0.2, 0.25) is 0 Å². The molecular weight excluding hydrogens is 288 g/mol. The van der Waals surface area contributed by atoms with Gasteiger partial charge in [-0.3, -0.25) is 9.59 Å². The van der Waals surface area contributed by atoms with Gasteiger partial charge in [0, 0.05) is 24.2 Å². The zero-order chi connectivity index (χ0) is 16.6. The van der Waals surface area contributed by atoms with Gasteiger partial charge in [-0.25, -0.2) is 0 Å². The predicted octanol–water partition coefficient (Wildman–Crippen LogP) is 3.53. The highest BCUT2D eigenvalue weighted by Crippen LogP contribution is 2.65. The van der Waals surface area contributed by atoms with Gasteiger partial charge >= 0.3 is 0 Å². The highest BCUT2D eigenvalue weighted by molar-refractivity contribution is 5.95. The lowest BCUT2D eigenvalue weighted by atomic mass is 9.44. The third-order valence-corrected chi connectivity index (χ3v) is 8.35. The fraction of sp³-hybridized carbons (Fsp3) is 0.900. The molecule has 0 saturated heterocycles. The highest BCUT2D eigenvalue weighted by atomic mass is 16.3. The van der Waals surface area contributed by atoms with E-state index >= 15 is 0 Å². The summed E-state index contributed by atoms with van der Waals surface area (Å²) in [5.74, 6) is 2.07. The maximum absolute atomic E-state index is 13.1. The SMILES string of the molecule is C[C@]1(O)CC[C@@]2(C)C(CC[C@@H]3[C@@H]2C(=O)C[C@]2(C)C(=O)CC[C@@H]32)C1. The second kappa shape index (κ2) is 4.68. The number of carbonyl (C=O) groups is 2. The van der Waals surface area contributed by atoms with E-state index < -0.39 is 5.60 Å². The lowest BCUT2D eigenvalue weighted by Gasteiger charge is -2.60. The fourth-order valence-electron chi connectivity index (χ4n) is 7.03. The molecule has 4 rings (SSSR count). The van der Waals surface area contributed by atoms with Gasteiger partial charge in [0.1, 0.15) is 11.6 Å². The number of aliphatic hydroxyl groups is 1. The highest BCUT2D eigenvalue weighted by Gasteiger charge is 2.63. The van der Waals surface area contributed by atoms with Gasteiger partial charge in [-0.15, -0.1) is 0 Å². The summed E-state index contributed by atoms with van der Waals surface area (Å²) in [5, 5.41) is 10.5. The number of ketones is 2. The van der Waals surface area contributed by atoms with Crippen LogP contribution in [-0.2, 0) is 9.59 Å². The molecule has 0 bridgehead atoms. The first-order valence-electron chi connectivity index (χ1n) is 9.46. The van der Waals surface area contributed by atoms with Crippen molar-refractivity contribution in [2.75, 3.05) is 0 Å². The van der Waals surface area contributed by atoms with Crippen LogP contribution < -0.4 is 0 Å². The molecule has 0 radical (unpaired) electrons. The van der Waals surface area contributed by atoms with Crippen molar-refractivity contribution in [1.82, 2.24) is 0 Å². The molecule has 0 amide bonds. The van der Waals surface area contributed by atoms with Crippen LogP contribution in [0.4, 0.5) is 0 Å². The summed E-state index contributed by atoms with van der Waals surface area (Å²) in [6.45, 7) is 6.32. The molecule has 0 aromatic carbocycles. The molecule has 0 spiro atoms. The Morgan fingerprint density at radius 2 is 1.78 bits per heavy atom. The molecule has 4 aliphatic carbocycles. The average molecular weight is 318 g/mol. The predicted molar refractivity (Wildman–Crippen MR) is 87.7 cm³/mol. The van der Waals surface area contributed by atoms with E-state index in [0.717, 1.165) is 38.5 Å². The maximum atomic E-state index is 13.1. The molecule has 0 aromatic heterocycles. The van der Waals surface area contributed by atoms with Crippen molar-refractivity contribution >= 4 is 11.6 Å². The molecule has 3 nitrogen and oxygen atoms in total. The molecule has 128 valence electrons. The van der Waals surface area contributed by atoms with E-state index in [1.807, 2.05) is 6.92 Å². The summed E-state index contributed by atoms with van der Waals surface area (Å²) in [5.41, 5.74) is -0.899. The van der Waals surface area contributed by atoms with Gasteiger partial charge in [-0.2, -0.15) is 0 Å². The minimum Gasteiger partial charge on any atom is -0.390 e. The van der Waals surface area contributed by atoms with Gasteiger partial charge in [-0.05, 0) is 68.6 Å². The maximum Gasteiger partial charge on any atom is 0.139 e. The standard InChI is InChI=1S/C20H30O3/c1-18(23)8-9-19(2)12(10-18)4-5-13-14-6-7-16(22)20(14,3)11-15(21)17(13)19/h12-14,17,23H,4-11H2,1-3H3/t12?,13-,14-,17+,18-,19-,20-/m0/s1. The van der Waals surface area contributed by atoms with Crippen LogP contribution in [0, 0.1) is 34.5 Å². The Morgan fingerprint density at radius 1 is 1.04 bits per heavy atom. The van der Waals surface area contributed by atoms with Crippen LogP contribution in [0.5, 0.6) is 0 Å². The Labute approximate surface area is 139 Å². The number of fused-ring (bicyclic) bond motifs is 5. The van der Waals surface area contributed by atoms with Crippen LogP contribution in [0.2, 0.25) is 0 Å². The number of hydrogen-bond acceptors (Lipinski definition) is 3. The molecular formula is C20H30O3. The summed E-state index contributed by atoms with van der Waals surface area (Å²) in [4.78, 5) is 25.5. The molecule has 0 aromatic rings. The van der Waals surface area contributed by atoms with Crippen LogP contribution in [0.1, 0.15) is 72.1 Å². The fourth-order valence-corrected chi connectivity index (χ4v) is 7.03. The van der Waals surface area contributed by atoms with Gasteiger partial charge in [0.25, 0.3) is 0 Å². The topological polar surface area (TPSA) is 54.4 Å². The van der Waals surface area contributed by atoms with Crippen molar-refractivity contribution in [3.63, 3.8) is 0 Å². The van der Waals surface area contributed by atoms with Crippen molar-refractivity contribution in [1.29, 1.82) is 0 Å². The third-order valence-electron chi connectivity index (χ3n) is 8.35. The van der Waals surface area contributed by atoms with E-state index in [1.54, 1.807) is 0 Å². The van der Waals surface area contributed by atoms with E-state index in [9.17, 15) is 14.7 Å². The largest absolute Gasteiger partial charge is 0.390 e. The average Bonchev–Trinajstić information content (AvgIpc) is 2.75. The number of carbonyl (C=O) groups excluding carboxylic acids is 2. The van der Waals surface area contributed by atoms with Crippen molar-refractivity contribution in [2.24, 2.45) is 34.5 Å². The van der Waals surface area contributed by atoms with Crippen molar-refractivity contribution < 1.29 is 14.7 Å². The van der Waals surface area contributed by atoms with Gasteiger partial charge < -0.3 is 5.11 Å². The molecule has 1 N–H and O–H groups in total. The van der Waals surface area contributed by atoms with E-state index in [4.69, 9.17) is 0 Å². The molecule has 4 fully saturated rings. The van der Waals surface area contributed by atoms with Crippen molar-refractivity contribution in [3.8, 4) is 0 Å². The first kappa shape index (κ1) is 15.8. The molecule has 4 aliphatic rings. The molecule has 1 unspecified atom stereocenters. The van der Waals surface area contributed by atoms with Gasteiger partial charge in [0.05, 0.1) is 5.60 Å². The number of Topliss-reactive ketones (excluding diaryl/α,β-unsaturated/α-hetero) is 2. The quantitative estimate of drug-likeness (QED) is 0.743. The zero-order valence-corrected chi connectivity index (χ0v) is 14.7. The molecule has 23 heavy (non-hydrogen) atoms. The molecule has 3 heteroatoms. The van der Waals surface area contributed by atoms with Crippen LogP contribution in [0.15, 0.2) is 0 Å². The van der Waals surface area contributed by atoms with Crippen molar-refractivity contribution in [2.45, 2.75) is 77.7 Å². The first-order chi connectivity index (χ1) is 10.7. The normalized spacial score (nSPS) is 56.0. The zero-order valence-electron chi connectivity index (χ0n) is 14.7.